The molecule has 0 aromatic heterocycles. The minimum atomic E-state index is 0.210. The van der Waals surface area contributed by atoms with E-state index in [9.17, 15) is 9.59 Å². The minimum absolute atomic E-state index is 0.210. The number of hydrogen-bond donors (Lipinski definition) is 0. The maximum Gasteiger partial charge on any atom is 0.222 e. The summed E-state index contributed by atoms with van der Waals surface area (Å²) >= 11 is 0. The zero-order valence-corrected chi connectivity index (χ0v) is 9.95. The first kappa shape index (κ1) is 12.2. The lowest BCUT2D eigenvalue weighted by molar-refractivity contribution is -0.128. The second-order valence-corrected chi connectivity index (χ2v) is 4.85. The van der Waals surface area contributed by atoms with Gasteiger partial charge in [0.15, 0.2) is 0 Å². The highest BCUT2D eigenvalue weighted by molar-refractivity contribution is 5.79. The largest absolute Gasteiger partial charge is 0.342 e. The summed E-state index contributed by atoms with van der Waals surface area (Å²) < 4.78 is 0. The molecule has 1 rings (SSSR count). The van der Waals surface area contributed by atoms with Gasteiger partial charge in [0.25, 0.3) is 0 Å². The summed E-state index contributed by atoms with van der Waals surface area (Å²) in [6.07, 6.45) is 2.10. The predicted molar refractivity (Wildman–Crippen MR) is 59.4 cm³/mol. The Hall–Kier alpha value is -0.860. The number of likely N-dealkylation sites (tertiary alicyclic amines) is 1. The second-order valence-electron chi connectivity index (χ2n) is 4.85. The third-order valence-corrected chi connectivity index (χ3v) is 3.14. The number of nitrogens with zero attached hydrogens (tertiary/aromatic N) is 1. The van der Waals surface area contributed by atoms with Crippen LogP contribution in [-0.2, 0) is 9.59 Å². The fraction of sp³-hybridized carbons (Fsp3) is 0.833. The van der Waals surface area contributed by atoms with Gasteiger partial charge in [0.05, 0.1) is 0 Å². The number of hydrogen-bond acceptors (Lipinski definition) is 2. The Kier molecular flexibility index (Phi) is 4.30. The molecule has 1 aliphatic heterocycles. The average molecular weight is 211 g/mol. The van der Waals surface area contributed by atoms with Crippen LogP contribution < -0.4 is 0 Å². The number of amides is 1. The molecule has 1 aliphatic rings. The van der Waals surface area contributed by atoms with E-state index >= 15 is 0 Å². The molecule has 15 heavy (non-hydrogen) atoms. The summed E-state index contributed by atoms with van der Waals surface area (Å²) in [6.45, 7) is 7.56. The maximum absolute atomic E-state index is 11.6. The maximum atomic E-state index is 11.6. The molecule has 3 nitrogen and oxygen atoms in total. The van der Waals surface area contributed by atoms with Crippen LogP contribution in [0.4, 0.5) is 0 Å². The Labute approximate surface area is 91.8 Å². The van der Waals surface area contributed by atoms with E-state index in [0.29, 0.717) is 24.7 Å². The van der Waals surface area contributed by atoms with E-state index in [-0.39, 0.29) is 11.7 Å². The van der Waals surface area contributed by atoms with Gasteiger partial charge in [-0.05, 0) is 25.2 Å². The van der Waals surface area contributed by atoms with Gasteiger partial charge in [0.1, 0.15) is 5.78 Å². The van der Waals surface area contributed by atoms with Gasteiger partial charge in [-0.1, -0.05) is 13.8 Å². The van der Waals surface area contributed by atoms with Crippen molar-refractivity contribution < 1.29 is 9.59 Å². The van der Waals surface area contributed by atoms with E-state index in [4.69, 9.17) is 0 Å². The van der Waals surface area contributed by atoms with Crippen molar-refractivity contribution in [1.82, 2.24) is 4.90 Å². The standard InChI is InChI=1S/C12H21NO2/c1-9(2)11-7-12(15)13(8-11)6-4-5-10(3)14/h9,11H,4-8H2,1-3H3. The third-order valence-electron chi connectivity index (χ3n) is 3.14. The number of ketones is 1. The molecule has 86 valence electrons. The van der Waals surface area contributed by atoms with Crippen LogP contribution in [0.25, 0.3) is 0 Å². The Morgan fingerprint density at radius 2 is 2.20 bits per heavy atom. The smallest absolute Gasteiger partial charge is 0.222 e. The molecular formula is C12H21NO2. The number of Topliss-reactive ketones (excluding diaryl/α,β-unsaturated/α-hetero) is 1. The van der Waals surface area contributed by atoms with Crippen LogP contribution in [0.3, 0.4) is 0 Å². The summed E-state index contributed by atoms with van der Waals surface area (Å²) in [6, 6.07) is 0. The van der Waals surface area contributed by atoms with Gasteiger partial charge in [0.2, 0.25) is 5.91 Å². The van der Waals surface area contributed by atoms with Crippen LogP contribution in [0, 0.1) is 11.8 Å². The van der Waals surface area contributed by atoms with Gasteiger partial charge in [0, 0.05) is 25.9 Å². The van der Waals surface area contributed by atoms with Crippen molar-refractivity contribution >= 4 is 11.7 Å². The summed E-state index contributed by atoms with van der Waals surface area (Å²) in [4.78, 5) is 24.3. The fourth-order valence-electron chi connectivity index (χ4n) is 1.98. The quantitative estimate of drug-likeness (QED) is 0.696. The topological polar surface area (TPSA) is 37.4 Å². The Bertz CT molecular complexity index is 248. The third kappa shape index (κ3) is 3.65. The molecule has 0 aromatic carbocycles. The van der Waals surface area contributed by atoms with Crippen molar-refractivity contribution in [2.45, 2.75) is 40.0 Å². The van der Waals surface area contributed by atoms with E-state index in [2.05, 4.69) is 13.8 Å². The highest BCUT2D eigenvalue weighted by atomic mass is 16.2. The van der Waals surface area contributed by atoms with Crippen molar-refractivity contribution in [2.75, 3.05) is 13.1 Å². The molecule has 0 N–H and O–H groups in total. The molecule has 0 aliphatic carbocycles. The van der Waals surface area contributed by atoms with Crippen molar-refractivity contribution in [3.63, 3.8) is 0 Å². The molecule has 1 atom stereocenters. The zero-order chi connectivity index (χ0) is 11.4. The van der Waals surface area contributed by atoms with E-state index in [0.717, 1.165) is 19.5 Å². The summed E-state index contributed by atoms with van der Waals surface area (Å²) in [5, 5.41) is 0. The molecule has 1 fully saturated rings. The van der Waals surface area contributed by atoms with Crippen molar-refractivity contribution in [3.8, 4) is 0 Å². The average Bonchev–Trinajstić information content (AvgIpc) is 2.47. The molecule has 1 unspecified atom stereocenters. The summed E-state index contributed by atoms with van der Waals surface area (Å²) in [7, 11) is 0. The van der Waals surface area contributed by atoms with Gasteiger partial charge >= 0.3 is 0 Å². The molecule has 0 saturated carbocycles. The van der Waals surface area contributed by atoms with E-state index < -0.39 is 0 Å². The molecule has 3 heteroatoms. The van der Waals surface area contributed by atoms with Crippen LogP contribution in [0.15, 0.2) is 0 Å². The monoisotopic (exact) mass is 211 g/mol. The number of carbonyl (C=O) groups excluding carboxylic acids is 2. The summed E-state index contributed by atoms with van der Waals surface area (Å²) in [5.74, 6) is 1.56. The fourth-order valence-corrected chi connectivity index (χ4v) is 1.98. The lowest BCUT2D eigenvalue weighted by Gasteiger charge is -2.17. The molecule has 0 aromatic rings. The Balaban J connectivity index is 2.31. The lowest BCUT2D eigenvalue weighted by Crippen LogP contribution is -2.27. The lowest BCUT2D eigenvalue weighted by atomic mass is 9.95. The summed E-state index contributed by atoms with van der Waals surface area (Å²) in [5.41, 5.74) is 0. The SMILES string of the molecule is CC(=O)CCCN1CC(C(C)C)CC1=O. The highest BCUT2D eigenvalue weighted by Crippen LogP contribution is 2.24. The van der Waals surface area contributed by atoms with Gasteiger partial charge in [-0.2, -0.15) is 0 Å². The van der Waals surface area contributed by atoms with Crippen molar-refractivity contribution in [3.05, 3.63) is 0 Å². The first-order valence-corrected chi connectivity index (χ1v) is 5.78. The normalized spacial score (nSPS) is 21.5. The first-order chi connectivity index (χ1) is 7.00. The Morgan fingerprint density at radius 3 is 2.67 bits per heavy atom. The van der Waals surface area contributed by atoms with E-state index in [1.807, 2.05) is 4.90 Å². The number of carbonyl (C=O) groups is 2. The van der Waals surface area contributed by atoms with Crippen molar-refractivity contribution in [2.24, 2.45) is 11.8 Å². The van der Waals surface area contributed by atoms with Gasteiger partial charge < -0.3 is 9.69 Å². The van der Waals surface area contributed by atoms with Crippen LogP contribution >= 0.6 is 0 Å². The van der Waals surface area contributed by atoms with Crippen LogP contribution in [-0.4, -0.2) is 29.7 Å². The number of rotatable bonds is 5. The van der Waals surface area contributed by atoms with Crippen molar-refractivity contribution in [1.29, 1.82) is 0 Å². The Morgan fingerprint density at radius 1 is 1.53 bits per heavy atom. The second kappa shape index (κ2) is 5.29. The van der Waals surface area contributed by atoms with Crippen LogP contribution in [0.1, 0.15) is 40.0 Å². The molecule has 1 saturated heterocycles. The minimum Gasteiger partial charge on any atom is -0.342 e. The highest BCUT2D eigenvalue weighted by Gasteiger charge is 2.30. The first-order valence-electron chi connectivity index (χ1n) is 5.78. The van der Waals surface area contributed by atoms with Gasteiger partial charge in [-0.3, -0.25) is 4.79 Å². The molecule has 1 heterocycles. The van der Waals surface area contributed by atoms with E-state index in [1.165, 1.54) is 0 Å². The molecule has 1 amide bonds. The van der Waals surface area contributed by atoms with Gasteiger partial charge in [-0.15, -0.1) is 0 Å². The molecule has 0 spiro atoms. The molecule has 0 radical (unpaired) electrons. The molecular weight excluding hydrogens is 190 g/mol. The molecule has 0 bridgehead atoms. The predicted octanol–water partition coefficient (Wildman–Crippen LogP) is 1.86. The van der Waals surface area contributed by atoms with Gasteiger partial charge in [-0.25, -0.2) is 0 Å². The van der Waals surface area contributed by atoms with Crippen LogP contribution in [0.5, 0.6) is 0 Å². The zero-order valence-electron chi connectivity index (χ0n) is 9.95. The van der Waals surface area contributed by atoms with Crippen LogP contribution in [0.2, 0.25) is 0 Å². The van der Waals surface area contributed by atoms with E-state index in [1.54, 1.807) is 6.92 Å².